The lowest BCUT2D eigenvalue weighted by atomic mass is 10.1. The fourth-order valence-corrected chi connectivity index (χ4v) is 3.78. The number of carboxylic acids is 1. The highest BCUT2D eigenvalue weighted by molar-refractivity contribution is 7.92. The highest BCUT2D eigenvalue weighted by Crippen LogP contribution is 2.31. The van der Waals surface area contributed by atoms with Crippen LogP contribution in [0.4, 0.5) is 5.69 Å². The Morgan fingerprint density at radius 1 is 1.33 bits per heavy atom. The molecule has 0 saturated heterocycles. The molecule has 1 aliphatic rings. The Morgan fingerprint density at radius 3 is 2.54 bits per heavy atom. The van der Waals surface area contributed by atoms with Gasteiger partial charge in [0, 0.05) is 24.7 Å². The van der Waals surface area contributed by atoms with Gasteiger partial charge in [-0.3, -0.25) is 13.9 Å². The highest BCUT2D eigenvalue weighted by Gasteiger charge is 2.28. The van der Waals surface area contributed by atoms with Crippen LogP contribution < -0.4 is 4.31 Å². The number of carboxylic acid groups (broad SMARTS) is 1. The molecule has 1 amide bonds. The number of carbonyl (C=O) groups excluding carboxylic acids is 1. The Hall–Kier alpha value is -2.09. The smallest absolute Gasteiger partial charge is 0.305 e. The van der Waals surface area contributed by atoms with E-state index in [1.807, 2.05) is 13.8 Å². The minimum Gasteiger partial charge on any atom is -0.481 e. The van der Waals surface area contributed by atoms with Crippen molar-refractivity contribution in [2.45, 2.75) is 32.7 Å². The van der Waals surface area contributed by atoms with Gasteiger partial charge in [-0.15, -0.1) is 0 Å². The van der Waals surface area contributed by atoms with Crippen LogP contribution in [-0.4, -0.2) is 55.7 Å². The molecule has 0 aromatic heterocycles. The van der Waals surface area contributed by atoms with Gasteiger partial charge >= 0.3 is 5.97 Å². The number of amides is 1. The number of nitrogens with zero attached hydrogens (tertiary/aromatic N) is 2. The minimum absolute atomic E-state index is 0.114. The monoisotopic (exact) mass is 354 g/mol. The SMILES string of the molecule is CC(C)N(CCC(=O)O)C(=O)c1ccc2c(c1)CCN2S(C)(=O)=O. The third-order valence-corrected chi connectivity index (χ3v) is 5.21. The van der Waals surface area contributed by atoms with Crippen LogP contribution in [0.25, 0.3) is 0 Å². The molecule has 7 nitrogen and oxygen atoms in total. The Balaban J connectivity index is 2.26. The molecular weight excluding hydrogens is 332 g/mol. The number of aliphatic carboxylic acids is 1. The quantitative estimate of drug-likeness (QED) is 0.832. The molecule has 0 unspecified atom stereocenters. The summed E-state index contributed by atoms with van der Waals surface area (Å²) in [5.41, 5.74) is 1.87. The van der Waals surface area contributed by atoms with Crippen molar-refractivity contribution in [2.24, 2.45) is 0 Å². The first-order valence-corrected chi connectivity index (χ1v) is 9.59. The van der Waals surface area contributed by atoms with Crippen LogP contribution in [0.15, 0.2) is 18.2 Å². The van der Waals surface area contributed by atoms with Gasteiger partial charge in [-0.05, 0) is 44.0 Å². The van der Waals surface area contributed by atoms with Crippen molar-refractivity contribution in [3.8, 4) is 0 Å². The van der Waals surface area contributed by atoms with Gasteiger partial charge in [0.15, 0.2) is 0 Å². The molecule has 0 saturated carbocycles. The summed E-state index contributed by atoms with van der Waals surface area (Å²) in [5, 5.41) is 8.83. The fourth-order valence-electron chi connectivity index (χ4n) is 2.83. The Kier molecular flexibility index (Phi) is 5.17. The maximum Gasteiger partial charge on any atom is 0.305 e. The summed E-state index contributed by atoms with van der Waals surface area (Å²) in [6.07, 6.45) is 1.60. The van der Waals surface area contributed by atoms with Crippen LogP contribution in [0, 0.1) is 0 Å². The molecular formula is C16H22N2O5S. The van der Waals surface area contributed by atoms with Crippen molar-refractivity contribution in [1.82, 2.24) is 4.90 Å². The third-order valence-electron chi connectivity index (χ3n) is 4.03. The molecule has 0 atom stereocenters. The van der Waals surface area contributed by atoms with Crippen LogP contribution in [0.1, 0.15) is 36.2 Å². The lowest BCUT2D eigenvalue weighted by Gasteiger charge is -2.26. The summed E-state index contributed by atoms with van der Waals surface area (Å²) >= 11 is 0. The molecule has 2 rings (SSSR count). The summed E-state index contributed by atoms with van der Waals surface area (Å²) in [6, 6.07) is 4.82. The second-order valence-electron chi connectivity index (χ2n) is 6.16. The zero-order chi connectivity index (χ0) is 18.1. The first kappa shape index (κ1) is 18.3. The third kappa shape index (κ3) is 3.87. The van der Waals surface area contributed by atoms with Gasteiger partial charge in [0.1, 0.15) is 0 Å². The van der Waals surface area contributed by atoms with Gasteiger partial charge < -0.3 is 10.0 Å². The first-order chi connectivity index (χ1) is 11.1. The van der Waals surface area contributed by atoms with Gasteiger partial charge in [0.25, 0.3) is 5.91 Å². The average molecular weight is 354 g/mol. The van der Waals surface area contributed by atoms with Gasteiger partial charge in [0.05, 0.1) is 18.4 Å². The summed E-state index contributed by atoms with van der Waals surface area (Å²) in [6.45, 7) is 4.17. The van der Waals surface area contributed by atoms with Crippen LogP contribution >= 0.6 is 0 Å². The van der Waals surface area contributed by atoms with Gasteiger partial charge in [-0.1, -0.05) is 0 Å². The predicted molar refractivity (Wildman–Crippen MR) is 90.8 cm³/mol. The Morgan fingerprint density at radius 2 is 2.00 bits per heavy atom. The average Bonchev–Trinajstić information content (AvgIpc) is 2.89. The molecule has 8 heteroatoms. The lowest BCUT2D eigenvalue weighted by molar-refractivity contribution is -0.137. The molecule has 1 aromatic carbocycles. The van der Waals surface area contributed by atoms with Crippen molar-refractivity contribution >= 4 is 27.6 Å². The summed E-state index contributed by atoms with van der Waals surface area (Å²) in [4.78, 5) is 25.0. The van der Waals surface area contributed by atoms with Crippen molar-refractivity contribution in [3.05, 3.63) is 29.3 Å². The number of fused-ring (bicyclic) bond motifs is 1. The number of sulfonamides is 1. The van der Waals surface area contributed by atoms with E-state index in [4.69, 9.17) is 5.11 Å². The molecule has 1 N–H and O–H groups in total. The first-order valence-electron chi connectivity index (χ1n) is 7.74. The van der Waals surface area contributed by atoms with Gasteiger partial charge in [-0.25, -0.2) is 8.42 Å². The van der Waals surface area contributed by atoms with E-state index in [1.54, 1.807) is 18.2 Å². The molecule has 1 aliphatic heterocycles. The van der Waals surface area contributed by atoms with Crippen molar-refractivity contribution in [3.63, 3.8) is 0 Å². The maximum absolute atomic E-state index is 12.7. The molecule has 24 heavy (non-hydrogen) atoms. The minimum atomic E-state index is -3.32. The van der Waals surface area contributed by atoms with Crippen LogP contribution in [0.3, 0.4) is 0 Å². The molecule has 0 spiro atoms. The van der Waals surface area contributed by atoms with Crippen molar-refractivity contribution in [1.29, 1.82) is 0 Å². The topological polar surface area (TPSA) is 95.0 Å². The fraction of sp³-hybridized carbons (Fsp3) is 0.500. The van der Waals surface area contributed by atoms with Crippen molar-refractivity contribution in [2.75, 3.05) is 23.7 Å². The van der Waals surface area contributed by atoms with E-state index < -0.39 is 16.0 Å². The van der Waals surface area contributed by atoms with E-state index in [0.717, 1.165) is 11.8 Å². The van der Waals surface area contributed by atoms with E-state index in [2.05, 4.69) is 0 Å². The number of anilines is 1. The molecule has 0 radical (unpaired) electrons. The predicted octanol–water partition coefficient (Wildman–Crippen LogP) is 1.33. The number of hydrogen-bond donors (Lipinski definition) is 1. The second kappa shape index (κ2) is 6.80. The normalized spacial score (nSPS) is 13.9. The zero-order valence-corrected chi connectivity index (χ0v) is 14.8. The second-order valence-corrected chi connectivity index (χ2v) is 8.07. The van der Waals surface area contributed by atoms with E-state index >= 15 is 0 Å². The van der Waals surface area contributed by atoms with E-state index in [1.165, 1.54) is 9.21 Å². The number of rotatable bonds is 6. The zero-order valence-electron chi connectivity index (χ0n) is 14.0. The number of benzene rings is 1. The van der Waals surface area contributed by atoms with Crippen molar-refractivity contribution < 1.29 is 23.1 Å². The Bertz CT molecular complexity index is 758. The Labute approximate surface area is 141 Å². The van der Waals surface area contributed by atoms with E-state index in [-0.39, 0.29) is 24.9 Å². The van der Waals surface area contributed by atoms with Gasteiger partial charge in [-0.2, -0.15) is 0 Å². The summed E-state index contributed by atoms with van der Waals surface area (Å²) < 4.78 is 24.8. The number of hydrogen-bond acceptors (Lipinski definition) is 4. The maximum atomic E-state index is 12.7. The number of carbonyl (C=O) groups is 2. The largest absolute Gasteiger partial charge is 0.481 e. The molecule has 0 bridgehead atoms. The molecule has 0 fully saturated rings. The highest BCUT2D eigenvalue weighted by atomic mass is 32.2. The van der Waals surface area contributed by atoms with Crippen LogP contribution in [-0.2, 0) is 21.2 Å². The van der Waals surface area contributed by atoms with Crippen LogP contribution in [0.5, 0.6) is 0 Å². The van der Waals surface area contributed by atoms with Crippen LogP contribution in [0.2, 0.25) is 0 Å². The van der Waals surface area contributed by atoms with E-state index in [9.17, 15) is 18.0 Å². The van der Waals surface area contributed by atoms with E-state index in [0.29, 0.717) is 24.2 Å². The summed E-state index contributed by atoms with van der Waals surface area (Å²) in [5.74, 6) is -1.20. The molecule has 0 aliphatic carbocycles. The van der Waals surface area contributed by atoms with Gasteiger partial charge in [0.2, 0.25) is 10.0 Å². The summed E-state index contributed by atoms with van der Waals surface area (Å²) in [7, 11) is -3.32. The molecule has 132 valence electrons. The standard InChI is InChI=1S/C16H22N2O5S/c1-11(2)17(8-7-15(19)20)16(21)13-4-5-14-12(10-13)6-9-18(14)24(3,22)23/h4-5,10-11H,6-9H2,1-3H3,(H,19,20). The lowest BCUT2D eigenvalue weighted by Crippen LogP contribution is -2.38. The molecule has 1 heterocycles. The molecule has 1 aromatic rings.